The summed E-state index contributed by atoms with van der Waals surface area (Å²) < 4.78 is 11.9. The molecular weight excluding hydrogens is 506 g/mol. The Kier molecular flexibility index (Phi) is 9.85. The van der Waals surface area contributed by atoms with E-state index in [1.165, 1.54) is 0 Å². The minimum atomic E-state index is -0.620. The lowest BCUT2D eigenvalue weighted by Gasteiger charge is -2.21. The molecule has 7 heteroatoms. The van der Waals surface area contributed by atoms with E-state index < -0.39 is 6.10 Å². The molecule has 0 saturated carbocycles. The fourth-order valence-electron chi connectivity index (χ4n) is 4.02. The summed E-state index contributed by atoms with van der Waals surface area (Å²) in [7, 11) is 1.59. The molecule has 0 heterocycles. The normalized spacial score (nSPS) is 12.7. The average Bonchev–Trinajstić information content (AvgIpc) is 2.93. The van der Waals surface area contributed by atoms with E-state index in [9.17, 15) is 9.90 Å². The lowest BCUT2D eigenvalue weighted by Crippen LogP contribution is -2.24. The predicted molar refractivity (Wildman–Crippen MR) is 151 cm³/mol. The summed E-state index contributed by atoms with van der Waals surface area (Å²) in [6, 6.07) is 29.5. The van der Waals surface area contributed by atoms with Crippen LogP contribution in [0.1, 0.15) is 22.8 Å². The van der Waals surface area contributed by atoms with Gasteiger partial charge in [-0.2, -0.15) is 11.8 Å². The van der Waals surface area contributed by atoms with Crippen LogP contribution in [0.3, 0.4) is 0 Å². The second-order valence-corrected chi connectivity index (χ2v) is 10.0. The topological polar surface area (TPSA) is 67.8 Å². The number of benzene rings is 4. The molecule has 0 fully saturated rings. The fraction of sp³-hybridized carbons (Fsp3) is 0.233. The summed E-state index contributed by atoms with van der Waals surface area (Å²) in [4.78, 5) is 11.6. The maximum absolute atomic E-state index is 11.6. The Morgan fingerprint density at radius 2 is 1.62 bits per heavy atom. The molecule has 2 N–H and O–H groups in total. The highest BCUT2D eigenvalue weighted by Crippen LogP contribution is 2.31. The average molecular weight is 536 g/mol. The van der Waals surface area contributed by atoms with E-state index in [0.29, 0.717) is 16.5 Å². The van der Waals surface area contributed by atoms with Crippen molar-refractivity contribution < 1.29 is 19.4 Å². The van der Waals surface area contributed by atoms with E-state index in [4.69, 9.17) is 21.1 Å². The summed E-state index contributed by atoms with van der Waals surface area (Å²) in [5, 5.41) is 16.0. The molecule has 4 aromatic rings. The van der Waals surface area contributed by atoms with Gasteiger partial charge in [0.15, 0.2) is 6.61 Å². The molecule has 5 nitrogen and oxygen atoms in total. The third-order valence-electron chi connectivity index (χ3n) is 5.91. The van der Waals surface area contributed by atoms with Gasteiger partial charge in [0.05, 0.1) is 12.7 Å². The number of carbonyl (C=O) groups excluding carboxylic acids is 1. The number of aliphatic hydroxyl groups excluding tert-OH is 1. The third kappa shape index (κ3) is 7.49. The maximum atomic E-state index is 11.6. The minimum Gasteiger partial charge on any atom is -0.483 e. The number of fused-ring (bicyclic) bond motifs is 1. The number of rotatable bonds is 12. The van der Waals surface area contributed by atoms with Crippen LogP contribution in [-0.4, -0.2) is 43.1 Å². The number of hydrogen-bond donors (Lipinski definition) is 2. The highest BCUT2D eigenvalue weighted by Gasteiger charge is 2.17. The van der Waals surface area contributed by atoms with Crippen LogP contribution in [0.25, 0.3) is 10.8 Å². The lowest BCUT2D eigenvalue weighted by molar-refractivity contribution is -0.122. The van der Waals surface area contributed by atoms with Gasteiger partial charge in [-0.25, -0.2) is 0 Å². The molecule has 4 rings (SSSR count). The first-order chi connectivity index (χ1) is 18.0. The number of halogens is 1. The molecule has 0 aromatic heterocycles. The molecule has 1 amide bonds. The Morgan fingerprint density at radius 1 is 0.919 bits per heavy atom. The molecule has 37 heavy (non-hydrogen) atoms. The van der Waals surface area contributed by atoms with Gasteiger partial charge < -0.3 is 19.9 Å². The summed E-state index contributed by atoms with van der Waals surface area (Å²) in [5.74, 6) is 1.76. The number of ether oxygens (including phenoxy) is 2. The predicted octanol–water partition coefficient (Wildman–Crippen LogP) is 6.02. The van der Waals surface area contributed by atoms with Crippen molar-refractivity contribution in [2.24, 2.45) is 0 Å². The standard InChI is InChI=1S/C30H30ClNO4S/c1-32-29(34)18-35-28-12-6-10-26-23(9-5-11-27(26)28)19-37-20-25(33)17-36-30(21-7-3-2-4-8-21)22-13-15-24(31)16-14-22/h2-16,25,30,33H,17-20H2,1H3,(H,32,34). The van der Waals surface area contributed by atoms with Crippen molar-refractivity contribution in [2.75, 3.05) is 26.0 Å². The first-order valence-electron chi connectivity index (χ1n) is 12.1. The van der Waals surface area contributed by atoms with Crippen LogP contribution in [0.15, 0.2) is 91.0 Å². The first kappa shape index (κ1) is 27.0. The van der Waals surface area contributed by atoms with Crippen molar-refractivity contribution in [3.8, 4) is 5.75 Å². The van der Waals surface area contributed by atoms with Crippen molar-refractivity contribution >= 4 is 40.0 Å². The molecular formula is C30H30ClNO4S. The van der Waals surface area contributed by atoms with Gasteiger partial charge in [0.25, 0.3) is 5.91 Å². The number of likely N-dealkylation sites (N-methyl/N-ethyl adjacent to an activating group) is 1. The molecule has 2 unspecified atom stereocenters. The van der Waals surface area contributed by atoms with Gasteiger partial charge >= 0.3 is 0 Å². The second-order valence-electron chi connectivity index (χ2n) is 8.57. The zero-order valence-corrected chi connectivity index (χ0v) is 22.2. The zero-order chi connectivity index (χ0) is 26.0. The quantitative estimate of drug-likeness (QED) is 0.232. The van der Waals surface area contributed by atoms with Crippen LogP contribution in [0.2, 0.25) is 5.02 Å². The Bertz CT molecular complexity index is 1300. The van der Waals surface area contributed by atoms with Gasteiger partial charge in [-0.15, -0.1) is 0 Å². The SMILES string of the molecule is CNC(=O)COc1cccc2c(CSCC(O)COC(c3ccccc3)c3ccc(Cl)cc3)cccc12. The van der Waals surface area contributed by atoms with Crippen molar-refractivity contribution in [1.82, 2.24) is 5.32 Å². The van der Waals surface area contributed by atoms with Crippen molar-refractivity contribution in [3.63, 3.8) is 0 Å². The lowest BCUT2D eigenvalue weighted by atomic mass is 10.0. The van der Waals surface area contributed by atoms with E-state index in [-0.39, 0.29) is 25.2 Å². The first-order valence-corrected chi connectivity index (χ1v) is 13.6. The number of aliphatic hydroxyl groups is 1. The molecule has 0 aliphatic rings. The zero-order valence-electron chi connectivity index (χ0n) is 20.6. The number of carbonyl (C=O) groups is 1. The second kappa shape index (κ2) is 13.5. The highest BCUT2D eigenvalue weighted by molar-refractivity contribution is 7.98. The van der Waals surface area contributed by atoms with E-state index in [1.54, 1.807) is 18.8 Å². The van der Waals surface area contributed by atoms with Crippen molar-refractivity contribution in [1.29, 1.82) is 0 Å². The Balaban J connectivity index is 1.36. The smallest absolute Gasteiger partial charge is 0.257 e. The van der Waals surface area contributed by atoms with E-state index in [1.807, 2.05) is 84.9 Å². The van der Waals surface area contributed by atoms with Crippen molar-refractivity contribution in [3.05, 3.63) is 113 Å². The molecule has 0 bridgehead atoms. The van der Waals surface area contributed by atoms with Crippen LogP contribution >= 0.6 is 23.4 Å². The van der Waals surface area contributed by atoms with Gasteiger partial charge in [0, 0.05) is 29.0 Å². The molecule has 0 aliphatic carbocycles. The van der Waals surface area contributed by atoms with Crippen LogP contribution in [0, 0.1) is 0 Å². The Morgan fingerprint density at radius 3 is 2.38 bits per heavy atom. The Hall–Kier alpha value is -3.03. The molecule has 0 radical (unpaired) electrons. The number of amides is 1. The molecule has 0 aliphatic heterocycles. The summed E-state index contributed by atoms with van der Waals surface area (Å²) in [6.45, 7) is 0.184. The summed E-state index contributed by atoms with van der Waals surface area (Å²) in [6.07, 6.45) is -0.908. The van der Waals surface area contributed by atoms with E-state index in [2.05, 4.69) is 11.4 Å². The van der Waals surface area contributed by atoms with Gasteiger partial charge in [-0.3, -0.25) is 4.79 Å². The van der Waals surface area contributed by atoms with Crippen LogP contribution < -0.4 is 10.1 Å². The van der Waals surface area contributed by atoms with Crippen LogP contribution in [-0.2, 0) is 15.3 Å². The Labute approximate surface area is 226 Å². The maximum Gasteiger partial charge on any atom is 0.257 e. The van der Waals surface area contributed by atoms with Gasteiger partial charge in [0.1, 0.15) is 11.9 Å². The van der Waals surface area contributed by atoms with Crippen molar-refractivity contribution in [2.45, 2.75) is 18.0 Å². The molecule has 0 spiro atoms. The molecule has 0 saturated heterocycles. The minimum absolute atomic E-state index is 0.0270. The van der Waals surface area contributed by atoms with Gasteiger partial charge in [-0.1, -0.05) is 84.4 Å². The molecule has 4 aromatic carbocycles. The van der Waals surface area contributed by atoms with E-state index >= 15 is 0 Å². The van der Waals surface area contributed by atoms with Gasteiger partial charge in [-0.05, 0) is 40.3 Å². The number of hydrogen-bond acceptors (Lipinski definition) is 5. The highest BCUT2D eigenvalue weighted by atomic mass is 35.5. The summed E-state index contributed by atoms with van der Waals surface area (Å²) in [5.41, 5.74) is 3.15. The van der Waals surface area contributed by atoms with E-state index in [0.717, 1.165) is 33.2 Å². The van der Waals surface area contributed by atoms with Gasteiger partial charge in [0.2, 0.25) is 0 Å². The fourth-order valence-corrected chi connectivity index (χ4v) is 5.11. The summed E-state index contributed by atoms with van der Waals surface area (Å²) >= 11 is 7.72. The van der Waals surface area contributed by atoms with Crippen LogP contribution in [0.4, 0.5) is 0 Å². The largest absolute Gasteiger partial charge is 0.483 e. The van der Waals surface area contributed by atoms with Crippen LogP contribution in [0.5, 0.6) is 5.75 Å². The monoisotopic (exact) mass is 535 g/mol. The molecule has 192 valence electrons. The third-order valence-corrected chi connectivity index (χ3v) is 7.30. The molecule has 2 atom stereocenters. The number of nitrogens with one attached hydrogen (secondary N) is 1. The number of thioether (sulfide) groups is 1.